The number of hydrogen-bond donors (Lipinski definition) is 2. The van der Waals surface area contributed by atoms with Gasteiger partial charge in [-0.25, -0.2) is 0 Å². The summed E-state index contributed by atoms with van der Waals surface area (Å²) >= 11 is 0. The number of hydrogen-bond acceptors (Lipinski definition) is 4. The first-order valence-corrected chi connectivity index (χ1v) is 5.65. The summed E-state index contributed by atoms with van der Waals surface area (Å²) < 4.78 is 5.28. The minimum absolute atomic E-state index is 0.349. The van der Waals surface area contributed by atoms with E-state index < -0.39 is 6.04 Å². The summed E-state index contributed by atoms with van der Waals surface area (Å²) in [6, 6.07) is 7.45. The van der Waals surface area contributed by atoms with Gasteiger partial charge in [-0.3, -0.25) is 4.79 Å². The molecule has 5 heteroatoms. The summed E-state index contributed by atoms with van der Waals surface area (Å²) in [5, 5.41) is 0. The Morgan fingerprint density at radius 3 is 3.06 bits per heavy atom. The summed E-state index contributed by atoms with van der Waals surface area (Å²) in [6.45, 7) is 2.11. The first-order chi connectivity index (χ1) is 8.22. The third-order valence-electron chi connectivity index (χ3n) is 2.93. The van der Waals surface area contributed by atoms with Gasteiger partial charge in [0.05, 0.1) is 13.2 Å². The van der Waals surface area contributed by atoms with Crippen LogP contribution >= 0.6 is 0 Å². The lowest BCUT2D eigenvalue weighted by Gasteiger charge is -2.35. The Balaban J connectivity index is 2.26. The molecule has 1 saturated heterocycles. The maximum atomic E-state index is 11.4. The molecule has 1 unspecified atom stereocenters. The molecule has 1 amide bonds. The molecular formula is C12H17N3O2. The van der Waals surface area contributed by atoms with Gasteiger partial charge in [-0.15, -0.1) is 0 Å². The number of nitrogens with zero attached hydrogens (tertiary/aromatic N) is 1. The Hall–Kier alpha value is -1.59. The monoisotopic (exact) mass is 235 g/mol. The van der Waals surface area contributed by atoms with E-state index in [9.17, 15) is 4.79 Å². The molecular weight excluding hydrogens is 218 g/mol. The van der Waals surface area contributed by atoms with Crippen molar-refractivity contribution in [1.82, 2.24) is 0 Å². The van der Waals surface area contributed by atoms with Gasteiger partial charge in [-0.1, -0.05) is 12.1 Å². The average molecular weight is 235 g/mol. The normalized spacial score (nSPS) is 20.3. The highest BCUT2D eigenvalue weighted by molar-refractivity contribution is 5.84. The molecule has 2 rings (SSSR count). The van der Waals surface area contributed by atoms with E-state index >= 15 is 0 Å². The summed E-state index contributed by atoms with van der Waals surface area (Å²) in [5.74, 6) is -0.358. The van der Waals surface area contributed by atoms with Crippen molar-refractivity contribution in [2.45, 2.75) is 12.6 Å². The van der Waals surface area contributed by atoms with Crippen LogP contribution in [0.3, 0.4) is 0 Å². The van der Waals surface area contributed by atoms with Gasteiger partial charge in [-0.05, 0) is 17.7 Å². The van der Waals surface area contributed by atoms with Gasteiger partial charge in [0.15, 0.2) is 0 Å². The second kappa shape index (κ2) is 5.16. The van der Waals surface area contributed by atoms with E-state index in [1.54, 1.807) is 0 Å². The molecule has 17 heavy (non-hydrogen) atoms. The highest BCUT2D eigenvalue weighted by Crippen LogP contribution is 2.20. The summed E-state index contributed by atoms with van der Waals surface area (Å²) in [5.41, 5.74) is 13.0. The molecule has 1 aromatic carbocycles. The van der Waals surface area contributed by atoms with E-state index in [4.69, 9.17) is 16.2 Å². The van der Waals surface area contributed by atoms with E-state index in [1.165, 1.54) is 0 Å². The molecule has 0 aliphatic carbocycles. The Morgan fingerprint density at radius 2 is 2.35 bits per heavy atom. The number of rotatable bonds is 3. The van der Waals surface area contributed by atoms with Crippen LogP contribution in [-0.2, 0) is 16.1 Å². The number of morpholine rings is 1. The number of carbonyl (C=O) groups excluding carboxylic acids is 1. The van der Waals surface area contributed by atoms with Gasteiger partial charge >= 0.3 is 0 Å². The largest absolute Gasteiger partial charge is 0.377 e. The molecule has 1 fully saturated rings. The van der Waals surface area contributed by atoms with Crippen molar-refractivity contribution in [3.63, 3.8) is 0 Å². The zero-order chi connectivity index (χ0) is 12.3. The van der Waals surface area contributed by atoms with Crippen molar-refractivity contribution < 1.29 is 9.53 Å². The second-order valence-electron chi connectivity index (χ2n) is 4.06. The molecule has 1 aliphatic heterocycles. The molecule has 1 heterocycles. The average Bonchev–Trinajstić information content (AvgIpc) is 2.39. The van der Waals surface area contributed by atoms with Crippen LogP contribution in [0.25, 0.3) is 0 Å². The van der Waals surface area contributed by atoms with E-state index in [0.717, 1.165) is 11.3 Å². The Morgan fingerprint density at radius 1 is 1.53 bits per heavy atom. The molecule has 0 radical (unpaired) electrons. The maximum absolute atomic E-state index is 11.4. The van der Waals surface area contributed by atoms with Crippen LogP contribution in [0, 0.1) is 0 Å². The van der Waals surface area contributed by atoms with Gasteiger partial charge in [0, 0.05) is 18.8 Å². The van der Waals surface area contributed by atoms with Crippen molar-refractivity contribution in [2.75, 3.05) is 24.7 Å². The third-order valence-corrected chi connectivity index (χ3v) is 2.93. The van der Waals surface area contributed by atoms with Crippen molar-refractivity contribution in [3.8, 4) is 0 Å². The fourth-order valence-electron chi connectivity index (χ4n) is 2.01. The topological polar surface area (TPSA) is 81.6 Å². The standard InChI is InChI=1S/C12H17N3O2/c13-7-9-2-1-3-10(6-9)15-4-5-17-8-11(15)12(14)16/h1-3,6,11H,4-5,7-8,13H2,(H2,14,16). The first-order valence-electron chi connectivity index (χ1n) is 5.65. The number of ether oxygens (including phenoxy) is 1. The van der Waals surface area contributed by atoms with Crippen LogP contribution in [0.15, 0.2) is 24.3 Å². The summed E-state index contributed by atoms with van der Waals surface area (Å²) in [7, 11) is 0. The predicted octanol–water partition coefficient (Wildman–Crippen LogP) is -0.164. The predicted molar refractivity (Wildman–Crippen MR) is 65.5 cm³/mol. The highest BCUT2D eigenvalue weighted by Gasteiger charge is 2.27. The van der Waals surface area contributed by atoms with E-state index in [0.29, 0.717) is 26.3 Å². The van der Waals surface area contributed by atoms with Gasteiger partial charge in [0.25, 0.3) is 0 Å². The number of amides is 1. The smallest absolute Gasteiger partial charge is 0.242 e. The lowest BCUT2D eigenvalue weighted by molar-refractivity contribution is -0.121. The zero-order valence-corrected chi connectivity index (χ0v) is 9.63. The maximum Gasteiger partial charge on any atom is 0.242 e. The van der Waals surface area contributed by atoms with Crippen LogP contribution in [0.5, 0.6) is 0 Å². The van der Waals surface area contributed by atoms with Crippen molar-refractivity contribution in [1.29, 1.82) is 0 Å². The lowest BCUT2D eigenvalue weighted by atomic mass is 10.1. The minimum Gasteiger partial charge on any atom is -0.377 e. The number of nitrogens with two attached hydrogens (primary N) is 2. The van der Waals surface area contributed by atoms with Crippen LogP contribution in [0.2, 0.25) is 0 Å². The van der Waals surface area contributed by atoms with Gasteiger partial charge in [0.2, 0.25) is 5.91 Å². The molecule has 1 aliphatic rings. The molecule has 0 aromatic heterocycles. The SMILES string of the molecule is NCc1cccc(N2CCOCC2C(N)=O)c1. The summed E-state index contributed by atoms with van der Waals surface area (Å²) in [4.78, 5) is 13.3. The Bertz CT molecular complexity index is 408. The molecule has 1 aromatic rings. The highest BCUT2D eigenvalue weighted by atomic mass is 16.5. The zero-order valence-electron chi connectivity index (χ0n) is 9.63. The van der Waals surface area contributed by atoms with Crippen LogP contribution in [0.4, 0.5) is 5.69 Å². The lowest BCUT2D eigenvalue weighted by Crippen LogP contribution is -2.52. The number of primary amides is 1. The van der Waals surface area contributed by atoms with Crippen LogP contribution in [0.1, 0.15) is 5.56 Å². The Labute approximate surface area is 100 Å². The first kappa shape index (κ1) is 11.9. The quantitative estimate of drug-likeness (QED) is 0.762. The minimum atomic E-state index is -0.392. The van der Waals surface area contributed by atoms with Gasteiger partial charge < -0.3 is 21.1 Å². The van der Waals surface area contributed by atoms with Crippen molar-refractivity contribution in [2.24, 2.45) is 11.5 Å². The van der Waals surface area contributed by atoms with Gasteiger partial charge in [-0.2, -0.15) is 0 Å². The van der Waals surface area contributed by atoms with Crippen molar-refractivity contribution >= 4 is 11.6 Å². The fourth-order valence-corrected chi connectivity index (χ4v) is 2.01. The molecule has 1 atom stereocenters. The molecule has 5 nitrogen and oxygen atoms in total. The van der Waals surface area contributed by atoms with E-state index in [-0.39, 0.29) is 5.91 Å². The van der Waals surface area contributed by atoms with Crippen molar-refractivity contribution in [3.05, 3.63) is 29.8 Å². The molecule has 0 bridgehead atoms. The number of anilines is 1. The fraction of sp³-hybridized carbons (Fsp3) is 0.417. The Kier molecular flexibility index (Phi) is 3.61. The molecule has 0 saturated carbocycles. The van der Waals surface area contributed by atoms with E-state index in [2.05, 4.69) is 0 Å². The van der Waals surface area contributed by atoms with Crippen LogP contribution < -0.4 is 16.4 Å². The second-order valence-corrected chi connectivity index (χ2v) is 4.06. The molecule has 4 N–H and O–H groups in total. The number of benzene rings is 1. The molecule has 0 spiro atoms. The molecule has 92 valence electrons. The van der Waals surface area contributed by atoms with Gasteiger partial charge in [0.1, 0.15) is 6.04 Å². The third kappa shape index (κ3) is 2.57. The van der Waals surface area contributed by atoms with Crippen LogP contribution in [-0.4, -0.2) is 31.7 Å². The summed E-state index contributed by atoms with van der Waals surface area (Å²) in [6.07, 6.45) is 0. The van der Waals surface area contributed by atoms with E-state index in [1.807, 2.05) is 29.2 Å². The number of carbonyl (C=O) groups is 1.